The fourth-order valence-corrected chi connectivity index (χ4v) is 4.16. The molecule has 1 heterocycles. The van der Waals surface area contributed by atoms with Gasteiger partial charge in [0.25, 0.3) is 0 Å². The van der Waals surface area contributed by atoms with Gasteiger partial charge in [-0.3, -0.25) is 14.4 Å². The maximum atomic E-state index is 12.2. The Morgan fingerprint density at radius 2 is 1.86 bits per heavy atom. The van der Waals surface area contributed by atoms with E-state index >= 15 is 0 Å². The molecule has 2 N–H and O–H groups in total. The first-order valence-corrected chi connectivity index (χ1v) is 12.0. The van der Waals surface area contributed by atoms with E-state index in [1.165, 1.54) is 11.6 Å². The number of thiophene rings is 1. The Bertz CT molecular complexity index is 872. The first-order chi connectivity index (χ1) is 13.3. The van der Waals surface area contributed by atoms with Crippen molar-refractivity contribution in [3.05, 3.63) is 58.3 Å². The van der Waals surface area contributed by atoms with Crippen molar-refractivity contribution in [1.82, 2.24) is 10.2 Å². The van der Waals surface area contributed by atoms with Crippen molar-refractivity contribution < 1.29 is 13.2 Å². The van der Waals surface area contributed by atoms with Gasteiger partial charge < -0.3 is 5.32 Å². The molecule has 0 radical (unpaired) electrons. The molecule has 2 rings (SSSR count). The van der Waals surface area contributed by atoms with Crippen LogP contribution in [-0.4, -0.2) is 45.1 Å². The zero-order chi connectivity index (χ0) is 20.6. The van der Waals surface area contributed by atoms with Gasteiger partial charge in [0.1, 0.15) is 0 Å². The Hall–Kier alpha value is -2.16. The number of amides is 1. The average Bonchev–Trinajstić information content (AvgIpc) is 3.17. The van der Waals surface area contributed by atoms with Crippen molar-refractivity contribution >= 4 is 39.0 Å². The van der Waals surface area contributed by atoms with Crippen LogP contribution in [0.2, 0.25) is 0 Å². The lowest BCUT2D eigenvalue weighted by Gasteiger charge is -2.29. The number of nitrogens with one attached hydrogen (secondary N) is 2. The minimum Gasteiger partial charge on any atom is -0.351 e. The van der Waals surface area contributed by atoms with Gasteiger partial charge in [0.15, 0.2) is 0 Å². The van der Waals surface area contributed by atoms with Gasteiger partial charge in [-0.15, -0.1) is 0 Å². The number of likely N-dealkylation sites (N-methyl/N-ethyl adjacent to an activating group) is 1. The van der Waals surface area contributed by atoms with Gasteiger partial charge in [0, 0.05) is 18.3 Å². The summed E-state index contributed by atoms with van der Waals surface area (Å²) in [5.41, 5.74) is 2.52. The number of anilines is 1. The van der Waals surface area contributed by atoms with Crippen LogP contribution in [0.25, 0.3) is 6.08 Å². The van der Waals surface area contributed by atoms with E-state index in [-0.39, 0.29) is 11.9 Å². The number of sulfonamides is 1. The number of hydrogen-bond acceptors (Lipinski definition) is 5. The number of hydrogen-bond donors (Lipinski definition) is 2. The van der Waals surface area contributed by atoms with Crippen molar-refractivity contribution in [1.29, 1.82) is 0 Å². The first-order valence-electron chi connectivity index (χ1n) is 9.12. The summed E-state index contributed by atoms with van der Waals surface area (Å²) in [5.74, 6) is -0.161. The predicted octanol–water partition coefficient (Wildman–Crippen LogP) is 3.33. The zero-order valence-corrected chi connectivity index (χ0v) is 18.0. The van der Waals surface area contributed by atoms with E-state index in [0.29, 0.717) is 12.2 Å². The van der Waals surface area contributed by atoms with Crippen LogP contribution in [0.15, 0.2) is 47.2 Å². The second-order valence-corrected chi connectivity index (χ2v) is 8.90. The zero-order valence-electron chi connectivity index (χ0n) is 16.4. The molecule has 2 aromatic rings. The van der Waals surface area contributed by atoms with Crippen molar-refractivity contribution in [2.24, 2.45) is 0 Å². The minimum atomic E-state index is -3.30. The normalized spacial score (nSPS) is 13.0. The first kappa shape index (κ1) is 22.1. The number of carbonyl (C=O) groups excluding carboxylic acids is 1. The van der Waals surface area contributed by atoms with E-state index in [1.54, 1.807) is 41.7 Å². The molecule has 28 heavy (non-hydrogen) atoms. The van der Waals surface area contributed by atoms with E-state index in [4.69, 9.17) is 0 Å². The summed E-state index contributed by atoms with van der Waals surface area (Å²) < 4.78 is 24.9. The third-order valence-electron chi connectivity index (χ3n) is 4.29. The monoisotopic (exact) mass is 421 g/mol. The largest absolute Gasteiger partial charge is 0.351 e. The fraction of sp³-hybridized carbons (Fsp3) is 0.350. The maximum Gasteiger partial charge on any atom is 0.244 e. The topological polar surface area (TPSA) is 78.5 Å². The molecule has 1 aromatic carbocycles. The Kier molecular flexibility index (Phi) is 8.22. The highest BCUT2D eigenvalue weighted by Crippen LogP contribution is 2.22. The van der Waals surface area contributed by atoms with E-state index in [2.05, 4.69) is 45.6 Å². The quantitative estimate of drug-likeness (QED) is 0.577. The lowest BCUT2D eigenvalue weighted by Crippen LogP contribution is -2.37. The van der Waals surface area contributed by atoms with E-state index in [1.807, 2.05) is 0 Å². The van der Waals surface area contributed by atoms with Crippen molar-refractivity contribution in [2.75, 3.05) is 30.6 Å². The van der Waals surface area contributed by atoms with Gasteiger partial charge in [-0.1, -0.05) is 26.0 Å². The van der Waals surface area contributed by atoms with E-state index in [0.717, 1.165) is 24.9 Å². The standard InChI is InChI=1S/C20H27N3O3S2/c1-4-23(5-2)19(17-12-13-27-15-17)14-21-20(24)11-8-16-6-9-18(10-7-16)22-28(3,25)26/h6-13,15,19,22H,4-5,14H2,1-3H3,(H,21,24)/b11-8+. The highest BCUT2D eigenvalue weighted by molar-refractivity contribution is 7.92. The molecule has 0 aliphatic carbocycles. The van der Waals surface area contributed by atoms with Crippen LogP contribution < -0.4 is 10.0 Å². The summed E-state index contributed by atoms with van der Waals surface area (Å²) in [6.07, 6.45) is 4.30. The summed E-state index contributed by atoms with van der Waals surface area (Å²) in [6, 6.07) is 9.07. The Morgan fingerprint density at radius 3 is 2.39 bits per heavy atom. The lowest BCUT2D eigenvalue weighted by atomic mass is 10.1. The van der Waals surface area contributed by atoms with Crippen LogP contribution in [0.4, 0.5) is 5.69 Å². The molecule has 1 aromatic heterocycles. The van der Waals surface area contributed by atoms with Crippen molar-refractivity contribution in [3.8, 4) is 0 Å². The third kappa shape index (κ3) is 7.10. The van der Waals surface area contributed by atoms with Gasteiger partial charge in [-0.2, -0.15) is 11.3 Å². The smallest absolute Gasteiger partial charge is 0.244 e. The molecule has 0 saturated carbocycles. The van der Waals surface area contributed by atoms with Crippen molar-refractivity contribution in [3.63, 3.8) is 0 Å². The summed E-state index contributed by atoms with van der Waals surface area (Å²) in [6.45, 7) is 6.60. The van der Waals surface area contributed by atoms with Crippen LogP contribution in [0.3, 0.4) is 0 Å². The molecule has 0 bridgehead atoms. The lowest BCUT2D eigenvalue weighted by molar-refractivity contribution is -0.116. The second kappa shape index (κ2) is 10.4. The molecule has 6 nitrogen and oxygen atoms in total. The number of nitrogens with zero attached hydrogens (tertiary/aromatic N) is 1. The van der Waals surface area contributed by atoms with Gasteiger partial charge in [0.05, 0.1) is 12.3 Å². The van der Waals surface area contributed by atoms with E-state index in [9.17, 15) is 13.2 Å². The Labute approximate surface area is 171 Å². The third-order valence-corrected chi connectivity index (χ3v) is 5.60. The van der Waals surface area contributed by atoms with Crippen LogP contribution >= 0.6 is 11.3 Å². The average molecular weight is 422 g/mol. The molecule has 1 unspecified atom stereocenters. The molecular weight excluding hydrogens is 394 g/mol. The van der Waals surface area contributed by atoms with Crippen LogP contribution in [0.5, 0.6) is 0 Å². The van der Waals surface area contributed by atoms with Gasteiger partial charge in [0.2, 0.25) is 15.9 Å². The van der Waals surface area contributed by atoms with Crippen molar-refractivity contribution in [2.45, 2.75) is 19.9 Å². The minimum absolute atomic E-state index is 0.153. The van der Waals surface area contributed by atoms with Gasteiger partial charge in [-0.25, -0.2) is 8.42 Å². The molecule has 0 aliphatic heterocycles. The highest BCUT2D eigenvalue weighted by atomic mass is 32.2. The molecule has 0 spiro atoms. The number of carbonyl (C=O) groups is 1. The Balaban J connectivity index is 1.95. The van der Waals surface area contributed by atoms with Gasteiger partial charge >= 0.3 is 0 Å². The summed E-state index contributed by atoms with van der Waals surface area (Å²) in [7, 11) is -3.30. The number of rotatable bonds is 10. The SMILES string of the molecule is CCN(CC)C(CNC(=O)/C=C/c1ccc(NS(C)(=O)=O)cc1)c1ccsc1. The Morgan fingerprint density at radius 1 is 1.18 bits per heavy atom. The fourth-order valence-electron chi connectivity index (χ4n) is 2.89. The maximum absolute atomic E-state index is 12.2. The predicted molar refractivity (Wildman–Crippen MR) is 117 cm³/mol. The molecule has 1 amide bonds. The van der Waals surface area contributed by atoms with Crippen LogP contribution in [0, 0.1) is 0 Å². The molecule has 0 saturated heterocycles. The molecule has 8 heteroatoms. The highest BCUT2D eigenvalue weighted by Gasteiger charge is 2.18. The van der Waals surface area contributed by atoms with E-state index < -0.39 is 10.0 Å². The van der Waals surface area contributed by atoms with Crippen LogP contribution in [-0.2, 0) is 14.8 Å². The summed E-state index contributed by atoms with van der Waals surface area (Å²) >= 11 is 1.66. The summed E-state index contributed by atoms with van der Waals surface area (Å²) in [5, 5.41) is 7.15. The molecule has 1 atom stereocenters. The molecule has 0 aliphatic rings. The summed E-state index contributed by atoms with van der Waals surface area (Å²) in [4.78, 5) is 14.6. The number of benzene rings is 1. The van der Waals surface area contributed by atoms with Crippen LogP contribution in [0.1, 0.15) is 31.0 Å². The molecule has 0 fully saturated rings. The second-order valence-electron chi connectivity index (χ2n) is 6.37. The molecule has 152 valence electrons. The van der Waals surface area contributed by atoms with Gasteiger partial charge in [-0.05, 0) is 59.3 Å². The molecular formula is C20H27N3O3S2.